The fourth-order valence-corrected chi connectivity index (χ4v) is 1.70. The molecule has 0 aliphatic carbocycles. The lowest BCUT2D eigenvalue weighted by molar-refractivity contribution is -0.120. The third-order valence-electron chi connectivity index (χ3n) is 1.99. The molecule has 3 N–H and O–H groups in total. The smallest absolute Gasteiger partial charge is 0.224 e. The molecule has 94 valence electrons. The number of nitrogens with two attached hydrogens (primary N) is 1. The largest absolute Gasteiger partial charge is 0.355 e. The van der Waals surface area contributed by atoms with Crippen molar-refractivity contribution in [1.29, 1.82) is 0 Å². The lowest BCUT2D eigenvalue weighted by atomic mass is 10.1. The highest BCUT2D eigenvalue weighted by molar-refractivity contribution is 7.89. The minimum Gasteiger partial charge on any atom is -0.355 e. The number of carbonyl (C=O) groups excluding carboxylic acids is 1. The van der Waals surface area contributed by atoms with Gasteiger partial charge in [-0.05, 0) is 17.7 Å². The van der Waals surface area contributed by atoms with E-state index in [0.29, 0.717) is 5.02 Å². The number of hydrogen-bond acceptors (Lipinski definition) is 3. The third-order valence-corrected chi connectivity index (χ3v) is 3.01. The van der Waals surface area contributed by atoms with Gasteiger partial charge in [-0.25, -0.2) is 13.6 Å². The molecule has 1 aromatic carbocycles. The zero-order chi connectivity index (χ0) is 12.9. The van der Waals surface area contributed by atoms with Crippen LogP contribution in [0.25, 0.3) is 0 Å². The molecule has 0 saturated heterocycles. The van der Waals surface area contributed by atoms with Gasteiger partial charge in [-0.2, -0.15) is 0 Å². The molecule has 0 heterocycles. The molecule has 1 rings (SSSR count). The minimum atomic E-state index is -3.53. The molecule has 1 aromatic rings. The number of amides is 1. The summed E-state index contributed by atoms with van der Waals surface area (Å²) in [6.45, 7) is 0.0191. The monoisotopic (exact) mass is 276 g/mol. The lowest BCUT2D eigenvalue weighted by Gasteiger charge is -2.04. The first-order chi connectivity index (χ1) is 7.87. The third kappa shape index (κ3) is 6.25. The van der Waals surface area contributed by atoms with E-state index in [1.807, 2.05) is 0 Å². The summed E-state index contributed by atoms with van der Waals surface area (Å²) < 4.78 is 21.2. The first-order valence-corrected chi connectivity index (χ1v) is 6.98. The van der Waals surface area contributed by atoms with Crippen LogP contribution in [-0.4, -0.2) is 26.6 Å². The van der Waals surface area contributed by atoms with Crippen LogP contribution in [0.4, 0.5) is 0 Å². The molecule has 0 unspecified atom stereocenters. The van der Waals surface area contributed by atoms with E-state index in [-0.39, 0.29) is 24.6 Å². The van der Waals surface area contributed by atoms with Gasteiger partial charge in [0.05, 0.1) is 12.2 Å². The summed E-state index contributed by atoms with van der Waals surface area (Å²) in [6.07, 6.45) is 0.182. The van der Waals surface area contributed by atoms with Gasteiger partial charge in [0.2, 0.25) is 15.9 Å². The van der Waals surface area contributed by atoms with E-state index in [2.05, 4.69) is 5.32 Å². The van der Waals surface area contributed by atoms with Crippen LogP contribution in [0, 0.1) is 0 Å². The Bertz CT molecular complexity index is 485. The summed E-state index contributed by atoms with van der Waals surface area (Å²) in [6, 6.07) is 6.85. The maximum Gasteiger partial charge on any atom is 0.224 e. The van der Waals surface area contributed by atoms with Crippen LogP contribution in [0.1, 0.15) is 5.56 Å². The maximum atomic E-state index is 11.4. The zero-order valence-electron chi connectivity index (χ0n) is 9.02. The summed E-state index contributed by atoms with van der Waals surface area (Å²) >= 11 is 5.70. The molecule has 17 heavy (non-hydrogen) atoms. The Morgan fingerprint density at radius 2 is 1.88 bits per heavy atom. The summed E-state index contributed by atoms with van der Waals surface area (Å²) in [7, 11) is -3.53. The molecule has 0 atom stereocenters. The summed E-state index contributed by atoms with van der Waals surface area (Å²) in [4.78, 5) is 11.4. The fraction of sp³-hybridized carbons (Fsp3) is 0.300. The number of primary sulfonamides is 1. The second-order valence-corrected chi connectivity index (χ2v) is 5.69. The Morgan fingerprint density at radius 1 is 1.29 bits per heavy atom. The highest BCUT2D eigenvalue weighted by Crippen LogP contribution is 2.09. The lowest BCUT2D eigenvalue weighted by Crippen LogP contribution is -2.32. The van der Waals surface area contributed by atoms with Crippen molar-refractivity contribution in [2.45, 2.75) is 6.42 Å². The van der Waals surface area contributed by atoms with E-state index in [1.165, 1.54) is 0 Å². The molecule has 0 aromatic heterocycles. The number of hydrogen-bond donors (Lipinski definition) is 2. The Labute approximate surface area is 105 Å². The quantitative estimate of drug-likeness (QED) is 0.810. The first kappa shape index (κ1) is 14.0. The van der Waals surface area contributed by atoms with Gasteiger partial charge in [-0.1, -0.05) is 23.7 Å². The Hall–Kier alpha value is -1.11. The Kier molecular flexibility index (Phi) is 4.92. The molecule has 0 radical (unpaired) electrons. The number of halogens is 1. The summed E-state index contributed by atoms with van der Waals surface area (Å²) in [5.74, 6) is -0.518. The number of benzene rings is 1. The number of rotatable bonds is 5. The highest BCUT2D eigenvalue weighted by atomic mass is 35.5. The molecule has 1 amide bonds. The number of carbonyl (C=O) groups is 1. The number of nitrogens with one attached hydrogen (secondary N) is 1. The van der Waals surface area contributed by atoms with E-state index < -0.39 is 10.0 Å². The molecule has 0 aliphatic heterocycles. The van der Waals surface area contributed by atoms with Gasteiger partial charge in [0.1, 0.15) is 0 Å². The standard InChI is InChI=1S/C10H13ClN2O3S/c11-9-3-1-8(2-4-9)7-10(14)13-5-6-17(12,15)16/h1-4H,5-7H2,(H,13,14)(H2,12,15,16). The van der Waals surface area contributed by atoms with Gasteiger partial charge in [0.25, 0.3) is 0 Å². The number of sulfonamides is 1. The van der Waals surface area contributed by atoms with Gasteiger partial charge in [-0.3, -0.25) is 4.79 Å². The summed E-state index contributed by atoms with van der Waals surface area (Å²) in [5.41, 5.74) is 0.808. The molecular formula is C10H13ClN2O3S. The van der Waals surface area contributed by atoms with E-state index in [0.717, 1.165) is 5.56 Å². The van der Waals surface area contributed by atoms with E-state index in [4.69, 9.17) is 16.7 Å². The maximum absolute atomic E-state index is 11.4. The van der Waals surface area contributed by atoms with Crippen LogP contribution < -0.4 is 10.5 Å². The van der Waals surface area contributed by atoms with Gasteiger partial charge in [-0.15, -0.1) is 0 Å². The molecule has 0 bridgehead atoms. The predicted octanol–water partition coefficient (Wildman–Crippen LogP) is 0.287. The van der Waals surface area contributed by atoms with Crippen molar-refractivity contribution in [2.75, 3.05) is 12.3 Å². The van der Waals surface area contributed by atoms with Gasteiger partial charge >= 0.3 is 0 Å². The molecule has 0 saturated carbocycles. The molecule has 0 aliphatic rings. The van der Waals surface area contributed by atoms with Crippen molar-refractivity contribution in [3.8, 4) is 0 Å². The van der Waals surface area contributed by atoms with Gasteiger partial charge in [0.15, 0.2) is 0 Å². The second-order valence-electron chi connectivity index (χ2n) is 3.52. The van der Waals surface area contributed by atoms with Gasteiger partial charge in [0, 0.05) is 11.6 Å². The Balaban J connectivity index is 2.37. The van der Waals surface area contributed by atoms with Crippen molar-refractivity contribution < 1.29 is 13.2 Å². The first-order valence-electron chi connectivity index (χ1n) is 4.88. The van der Waals surface area contributed by atoms with Crippen LogP contribution in [0.2, 0.25) is 5.02 Å². The topological polar surface area (TPSA) is 89.3 Å². The van der Waals surface area contributed by atoms with Gasteiger partial charge < -0.3 is 5.32 Å². The van der Waals surface area contributed by atoms with Crippen molar-refractivity contribution in [1.82, 2.24) is 5.32 Å². The van der Waals surface area contributed by atoms with E-state index in [1.54, 1.807) is 24.3 Å². The van der Waals surface area contributed by atoms with Crippen LogP contribution in [0.3, 0.4) is 0 Å². The molecular weight excluding hydrogens is 264 g/mol. The fourth-order valence-electron chi connectivity index (χ4n) is 1.18. The highest BCUT2D eigenvalue weighted by Gasteiger charge is 2.06. The average Bonchev–Trinajstić information content (AvgIpc) is 2.19. The van der Waals surface area contributed by atoms with Crippen molar-refractivity contribution in [2.24, 2.45) is 5.14 Å². The SMILES string of the molecule is NS(=O)(=O)CCNC(=O)Cc1ccc(Cl)cc1. The average molecular weight is 277 g/mol. The van der Waals surface area contributed by atoms with Crippen molar-refractivity contribution >= 4 is 27.5 Å². The molecule has 0 fully saturated rings. The van der Waals surface area contributed by atoms with Crippen LogP contribution in [0.5, 0.6) is 0 Å². The summed E-state index contributed by atoms with van der Waals surface area (Å²) in [5, 5.41) is 7.87. The second kappa shape index (κ2) is 6.00. The predicted molar refractivity (Wildman–Crippen MR) is 66.1 cm³/mol. The van der Waals surface area contributed by atoms with Crippen LogP contribution >= 0.6 is 11.6 Å². The molecule has 5 nitrogen and oxygen atoms in total. The van der Waals surface area contributed by atoms with Crippen LogP contribution in [0.15, 0.2) is 24.3 Å². The normalized spacial score (nSPS) is 11.2. The zero-order valence-corrected chi connectivity index (χ0v) is 10.6. The van der Waals surface area contributed by atoms with E-state index >= 15 is 0 Å². The van der Waals surface area contributed by atoms with Crippen molar-refractivity contribution in [3.63, 3.8) is 0 Å². The minimum absolute atomic E-state index is 0.0191. The molecule has 0 spiro atoms. The van der Waals surface area contributed by atoms with Crippen molar-refractivity contribution in [3.05, 3.63) is 34.9 Å². The Morgan fingerprint density at radius 3 is 2.41 bits per heavy atom. The molecule has 7 heteroatoms. The van der Waals surface area contributed by atoms with E-state index in [9.17, 15) is 13.2 Å². The van der Waals surface area contributed by atoms with Crippen LogP contribution in [-0.2, 0) is 21.2 Å².